The molecule has 5 heteroatoms. The van der Waals surface area contributed by atoms with Crippen molar-refractivity contribution < 1.29 is 14.6 Å². The first-order chi connectivity index (χ1) is 9.19. The van der Waals surface area contributed by atoms with Crippen LogP contribution in [0.2, 0.25) is 0 Å². The van der Waals surface area contributed by atoms with Crippen molar-refractivity contribution in [1.82, 2.24) is 9.97 Å². The first-order valence-electron chi connectivity index (χ1n) is 5.77. The molecule has 3 N–H and O–H groups in total. The molecule has 5 nitrogen and oxygen atoms in total. The average molecular weight is 256 g/mol. The molecular formula is C14H12N2O3. The summed E-state index contributed by atoms with van der Waals surface area (Å²) in [4.78, 5) is 16.9. The van der Waals surface area contributed by atoms with E-state index < -0.39 is 5.97 Å². The van der Waals surface area contributed by atoms with Crippen molar-refractivity contribution in [3.63, 3.8) is 0 Å². The van der Waals surface area contributed by atoms with E-state index in [4.69, 9.17) is 9.84 Å². The standard InChI is InChI=1S/C14H12N2O3/c1-19-8-2-3-9-10(7-15-13(9)6-8)11-4-5-12(16-11)14(17)18/h2-7,15-16H,1H3,(H,17,18). The zero-order valence-electron chi connectivity index (χ0n) is 10.2. The molecular weight excluding hydrogens is 244 g/mol. The van der Waals surface area contributed by atoms with Crippen molar-refractivity contribution in [3.8, 4) is 17.0 Å². The molecule has 1 aromatic carbocycles. The number of aromatic carboxylic acids is 1. The van der Waals surface area contributed by atoms with Crippen LogP contribution < -0.4 is 4.74 Å². The molecule has 0 spiro atoms. The topological polar surface area (TPSA) is 78.1 Å². The highest BCUT2D eigenvalue weighted by atomic mass is 16.5. The second-order valence-corrected chi connectivity index (χ2v) is 4.20. The molecule has 0 amide bonds. The smallest absolute Gasteiger partial charge is 0.352 e. The lowest BCUT2D eigenvalue weighted by Gasteiger charge is -2.00. The van der Waals surface area contributed by atoms with E-state index in [-0.39, 0.29) is 5.69 Å². The molecule has 0 radical (unpaired) electrons. The van der Waals surface area contributed by atoms with Crippen molar-refractivity contribution in [3.05, 3.63) is 42.2 Å². The number of H-pyrrole nitrogens is 2. The Bertz CT molecular complexity index is 755. The lowest BCUT2D eigenvalue weighted by Crippen LogP contribution is -1.95. The maximum Gasteiger partial charge on any atom is 0.352 e. The monoisotopic (exact) mass is 256 g/mol. The first-order valence-corrected chi connectivity index (χ1v) is 5.77. The molecule has 2 aromatic heterocycles. The Labute approximate surface area is 108 Å². The van der Waals surface area contributed by atoms with Gasteiger partial charge in [-0.1, -0.05) is 0 Å². The zero-order chi connectivity index (χ0) is 13.4. The minimum atomic E-state index is -0.965. The molecule has 0 aliphatic heterocycles. The number of nitrogens with one attached hydrogen (secondary N) is 2. The van der Waals surface area contributed by atoms with E-state index in [9.17, 15) is 4.79 Å². The highest BCUT2D eigenvalue weighted by Crippen LogP contribution is 2.30. The normalized spacial score (nSPS) is 10.8. The second-order valence-electron chi connectivity index (χ2n) is 4.20. The van der Waals surface area contributed by atoms with Crippen LogP contribution in [0.1, 0.15) is 10.5 Å². The van der Waals surface area contributed by atoms with Crippen LogP contribution in [0, 0.1) is 0 Å². The summed E-state index contributed by atoms with van der Waals surface area (Å²) in [5.74, 6) is -0.189. The third-order valence-electron chi connectivity index (χ3n) is 3.10. The van der Waals surface area contributed by atoms with Crippen LogP contribution in [0.15, 0.2) is 36.5 Å². The molecule has 0 aliphatic carbocycles. The zero-order valence-corrected chi connectivity index (χ0v) is 10.2. The molecule has 0 aliphatic rings. The Morgan fingerprint density at radius 3 is 2.79 bits per heavy atom. The van der Waals surface area contributed by atoms with E-state index >= 15 is 0 Å². The Hall–Kier alpha value is -2.69. The van der Waals surface area contributed by atoms with Gasteiger partial charge in [-0.25, -0.2) is 4.79 Å². The first kappa shape index (κ1) is 11.4. The number of hydrogen-bond acceptors (Lipinski definition) is 2. The number of aromatic nitrogens is 2. The highest BCUT2D eigenvalue weighted by molar-refractivity contribution is 5.96. The van der Waals surface area contributed by atoms with Crippen LogP contribution in [-0.2, 0) is 0 Å². The van der Waals surface area contributed by atoms with Gasteiger partial charge in [-0.3, -0.25) is 0 Å². The predicted octanol–water partition coefficient (Wildman–Crippen LogP) is 2.87. The van der Waals surface area contributed by atoms with Crippen LogP contribution >= 0.6 is 0 Å². The van der Waals surface area contributed by atoms with Gasteiger partial charge in [0.15, 0.2) is 0 Å². The van der Waals surface area contributed by atoms with Gasteiger partial charge in [0.1, 0.15) is 11.4 Å². The Morgan fingerprint density at radius 2 is 2.11 bits per heavy atom. The minimum Gasteiger partial charge on any atom is -0.497 e. The van der Waals surface area contributed by atoms with Crippen molar-refractivity contribution in [2.45, 2.75) is 0 Å². The van der Waals surface area contributed by atoms with Crippen LogP contribution in [-0.4, -0.2) is 28.2 Å². The maximum absolute atomic E-state index is 10.9. The fraction of sp³-hybridized carbons (Fsp3) is 0.0714. The summed E-state index contributed by atoms with van der Waals surface area (Å²) in [6.07, 6.45) is 1.85. The molecule has 0 bridgehead atoms. The highest BCUT2D eigenvalue weighted by Gasteiger charge is 2.11. The van der Waals surface area contributed by atoms with Gasteiger partial charge in [-0.2, -0.15) is 0 Å². The van der Waals surface area contributed by atoms with Crippen LogP contribution in [0.3, 0.4) is 0 Å². The second kappa shape index (κ2) is 4.20. The van der Waals surface area contributed by atoms with Crippen LogP contribution in [0.25, 0.3) is 22.2 Å². The largest absolute Gasteiger partial charge is 0.497 e. The molecule has 2 heterocycles. The number of rotatable bonds is 3. The SMILES string of the molecule is COc1ccc2c(-c3ccc(C(=O)O)[nH]3)c[nH]c2c1. The summed E-state index contributed by atoms with van der Waals surface area (Å²) in [5.41, 5.74) is 2.83. The average Bonchev–Trinajstić information content (AvgIpc) is 3.03. The third kappa shape index (κ3) is 1.85. The van der Waals surface area contributed by atoms with Gasteiger partial charge in [0.2, 0.25) is 0 Å². The molecule has 0 saturated carbocycles. The van der Waals surface area contributed by atoms with Crippen LogP contribution in [0.4, 0.5) is 0 Å². The van der Waals surface area contributed by atoms with Crippen LogP contribution in [0.5, 0.6) is 5.75 Å². The molecule has 0 atom stereocenters. The van der Waals surface area contributed by atoms with Gasteiger partial charge in [-0.15, -0.1) is 0 Å². The summed E-state index contributed by atoms with van der Waals surface area (Å²) in [5, 5.41) is 9.94. The molecule has 96 valence electrons. The van der Waals surface area contributed by atoms with E-state index in [0.717, 1.165) is 27.9 Å². The van der Waals surface area contributed by atoms with E-state index in [1.54, 1.807) is 19.2 Å². The molecule has 0 saturated heterocycles. The van der Waals surface area contributed by atoms with Crippen molar-refractivity contribution in [1.29, 1.82) is 0 Å². The summed E-state index contributed by atoms with van der Waals surface area (Å²) in [7, 11) is 1.62. The summed E-state index contributed by atoms with van der Waals surface area (Å²) < 4.78 is 5.17. The number of methoxy groups -OCH3 is 1. The lowest BCUT2D eigenvalue weighted by atomic mass is 10.1. The van der Waals surface area contributed by atoms with Gasteiger partial charge in [-0.05, 0) is 24.3 Å². The van der Waals surface area contributed by atoms with Gasteiger partial charge in [0, 0.05) is 34.4 Å². The number of hydrogen-bond donors (Lipinski definition) is 3. The number of benzene rings is 1. The fourth-order valence-electron chi connectivity index (χ4n) is 2.13. The van der Waals surface area contributed by atoms with E-state index in [2.05, 4.69) is 9.97 Å². The van der Waals surface area contributed by atoms with E-state index in [0.29, 0.717) is 0 Å². The Balaban J connectivity index is 2.11. The number of fused-ring (bicyclic) bond motifs is 1. The number of ether oxygens (including phenoxy) is 1. The van der Waals surface area contributed by atoms with Crippen molar-refractivity contribution in [2.75, 3.05) is 7.11 Å². The quantitative estimate of drug-likeness (QED) is 0.674. The number of carboxylic acids is 1. The summed E-state index contributed by atoms with van der Waals surface area (Å²) in [6, 6.07) is 9.04. The number of carboxylic acid groups (broad SMARTS) is 1. The van der Waals surface area contributed by atoms with Gasteiger partial charge in [0.25, 0.3) is 0 Å². The Morgan fingerprint density at radius 1 is 1.26 bits per heavy atom. The summed E-state index contributed by atoms with van der Waals surface area (Å²) in [6.45, 7) is 0. The minimum absolute atomic E-state index is 0.179. The van der Waals surface area contributed by atoms with E-state index in [1.165, 1.54) is 0 Å². The number of aromatic amines is 2. The van der Waals surface area contributed by atoms with Gasteiger partial charge < -0.3 is 19.8 Å². The Kier molecular flexibility index (Phi) is 2.52. The van der Waals surface area contributed by atoms with Crippen molar-refractivity contribution in [2.24, 2.45) is 0 Å². The van der Waals surface area contributed by atoms with E-state index in [1.807, 2.05) is 24.4 Å². The van der Waals surface area contributed by atoms with Crippen molar-refractivity contribution >= 4 is 16.9 Å². The molecule has 0 unspecified atom stereocenters. The molecule has 19 heavy (non-hydrogen) atoms. The van der Waals surface area contributed by atoms with Gasteiger partial charge >= 0.3 is 5.97 Å². The number of carbonyl (C=O) groups is 1. The predicted molar refractivity (Wildman–Crippen MR) is 71.6 cm³/mol. The third-order valence-corrected chi connectivity index (χ3v) is 3.10. The molecule has 3 rings (SSSR count). The maximum atomic E-state index is 10.9. The fourth-order valence-corrected chi connectivity index (χ4v) is 2.13. The van der Waals surface area contributed by atoms with Gasteiger partial charge in [0.05, 0.1) is 7.11 Å². The molecule has 3 aromatic rings. The molecule has 0 fully saturated rings. The lowest BCUT2D eigenvalue weighted by molar-refractivity contribution is 0.0691. The summed E-state index contributed by atoms with van der Waals surface area (Å²) >= 11 is 0.